The number of unbranched alkanes of at least 4 members (excludes halogenated alkanes) is 2. The van der Waals surface area contributed by atoms with Gasteiger partial charge in [-0.1, -0.05) is 32.6 Å². The second-order valence-electron chi connectivity index (χ2n) is 5.52. The molecule has 0 bridgehead atoms. The van der Waals surface area contributed by atoms with Crippen LogP contribution in [-0.4, -0.2) is 23.5 Å². The number of rotatable bonds is 7. The number of nitrogens with one attached hydrogen (secondary N) is 2. The molecule has 1 amide bonds. The summed E-state index contributed by atoms with van der Waals surface area (Å²) in [5, 5.41) is 6.35. The summed E-state index contributed by atoms with van der Waals surface area (Å²) in [5.41, 5.74) is 0.649. The monoisotopic (exact) mass is 275 g/mol. The minimum Gasteiger partial charge on any atom is -0.370 e. The highest BCUT2D eigenvalue weighted by atomic mass is 16.1. The van der Waals surface area contributed by atoms with E-state index in [2.05, 4.69) is 22.5 Å². The fourth-order valence-corrected chi connectivity index (χ4v) is 2.56. The van der Waals surface area contributed by atoms with Gasteiger partial charge in [-0.15, -0.1) is 0 Å². The highest BCUT2D eigenvalue weighted by molar-refractivity contribution is 5.94. The van der Waals surface area contributed by atoms with E-state index >= 15 is 0 Å². The summed E-state index contributed by atoms with van der Waals surface area (Å²) in [6, 6.07) is 4.09. The van der Waals surface area contributed by atoms with Gasteiger partial charge in [0.1, 0.15) is 5.82 Å². The minimum atomic E-state index is 0.00179. The van der Waals surface area contributed by atoms with Crippen molar-refractivity contribution in [2.24, 2.45) is 0 Å². The van der Waals surface area contributed by atoms with Crippen LogP contribution < -0.4 is 10.6 Å². The van der Waals surface area contributed by atoms with Crippen LogP contribution in [0.15, 0.2) is 18.3 Å². The van der Waals surface area contributed by atoms with E-state index in [0.29, 0.717) is 11.6 Å². The fraction of sp³-hybridized carbons (Fsp3) is 0.625. The first kappa shape index (κ1) is 14.8. The summed E-state index contributed by atoms with van der Waals surface area (Å²) < 4.78 is 0. The molecule has 0 atom stereocenters. The standard InChI is InChI=1S/C16H25N3O/c1-2-3-6-11-17-15-10-9-13(12-18-15)16(20)19-14-7-4-5-8-14/h9-10,12,14H,2-8,11H2,1H3,(H,17,18)(H,19,20). The molecule has 2 rings (SSSR count). The third-order valence-electron chi connectivity index (χ3n) is 3.80. The molecule has 1 saturated carbocycles. The van der Waals surface area contributed by atoms with E-state index in [1.54, 1.807) is 6.20 Å². The highest BCUT2D eigenvalue weighted by Gasteiger charge is 2.17. The Hall–Kier alpha value is -1.58. The van der Waals surface area contributed by atoms with Crippen LogP contribution >= 0.6 is 0 Å². The predicted molar refractivity (Wildman–Crippen MR) is 82.0 cm³/mol. The lowest BCUT2D eigenvalue weighted by atomic mass is 10.2. The molecular weight excluding hydrogens is 250 g/mol. The quantitative estimate of drug-likeness (QED) is 0.750. The van der Waals surface area contributed by atoms with Crippen molar-refractivity contribution in [3.8, 4) is 0 Å². The van der Waals surface area contributed by atoms with Crippen molar-refractivity contribution in [1.29, 1.82) is 0 Å². The van der Waals surface area contributed by atoms with Gasteiger partial charge >= 0.3 is 0 Å². The number of aromatic nitrogens is 1. The number of carbonyl (C=O) groups excluding carboxylic acids is 1. The molecule has 1 aliphatic rings. The summed E-state index contributed by atoms with van der Waals surface area (Å²) >= 11 is 0. The minimum absolute atomic E-state index is 0.00179. The maximum absolute atomic E-state index is 12.0. The topological polar surface area (TPSA) is 54.0 Å². The van der Waals surface area contributed by atoms with Gasteiger partial charge in [-0.25, -0.2) is 4.98 Å². The van der Waals surface area contributed by atoms with Crippen LogP contribution in [0.3, 0.4) is 0 Å². The second kappa shape index (κ2) is 7.88. The molecule has 1 aromatic heterocycles. The van der Waals surface area contributed by atoms with Crippen LogP contribution in [0.5, 0.6) is 0 Å². The van der Waals surface area contributed by atoms with Crippen molar-refractivity contribution < 1.29 is 4.79 Å². The van der Waals surface area contributed by atoms with Gasteiger partial charge in [0.15, 0.2) is 0 Å². The van der Waals surface area contributed by atoms with Crippen molar-refractivity contribution in [2.45, 2.75) is 57.9 Å². The summed E-state index contributed by atoms with van der Waals surface area (Å²) in [6.07, 6.45) is 9.93. The number of nitrogens with zero attached hydrogens (tertiary/aromatic N) is 1. The molecule has 2 N–H and O–H groups in total. The Morgan fingerprint density at radius 3 is 2.75 bits per heavy atom. The predicted octanol–water partition coefficient (Wildman–Crippen LogP) is 3.36. The molecular formula is C16H25N3O. The van der Waals surface area contributed by atoms with Crippen LogP contribution in [0.25, 0.3) is 0 Å². The van der Waals surface area contributed by atoms with E-state index in [1.807, 2.05) is 12.1 Å². The van der Waals surface area contributed by atoms with Gasteiger partial charge in [-0.3, -0.25) is 4.79 Å². The van der Waals surface area contributed by atoms with Gasteiger partial charge in [-0.2, -0.15) is 0 Å². The summed E-state index contributed by atoms with van der Waals surface area (Å²) in [6.45, 7) is 3.13. The molecule has 4 nitrogen and oxygen atoms in total. The van der Waals surface area contributed by atoms with E-state index in [0.717, 1.165) is 31.6 Å². The van der Waals surface area contributed by atoms with Gasteiger partial charge < -0.3 is 10.6 Å². The number of carbonyl (C=O) groups is 1. The van der Waals surface area contributed by atoms with Crippen molar-refractivity contribution >= 4 is 11.7 Å². The number of pyridine rings is 1. The first-order valence-electron chi connectivity index (χ1n) is 7.80. The second-order valence-corrected chi connectivity index (χ2v) is 5.52. The lowest BCUT2D eigenvalue weighted by molar-refractivity contribution is 0.0937. The molecule has 0 spiro atoms. The molecule has 0 aromatic carbocycles. The Morgan fingerprint density at radius 2 is 2.10 bits per heavy atom. The Balaban J connectivity index is 1.79. The average molecular weight is 275 g/mol. The van der Waals surface area contributed by atoms with E-state index in [9.17, 15) is 4.79 Å². The van der Waals surface area contributed by atoms with Gasteiger partial charge in [0.25, 0.3) is 5.91 Å². The maximum Gasteiger partial charge on any atom is 0.253 e. The molecule has 1 fully saturated rings. The number of amides is 1. The molecule has 20 heavy (non-hydrogen) atoms. The highest BCUT2D eigenvalue weighted by Crippen LogP contribution is 2.18. The lowest BCUT2D eigenvalue weighted by Crippen LogP contribution is -2.32. The zero-order valence-electron chi connectivity index (χ0n) is 12.3. The van der Waals surface area contributed by atoms with Crippen LogP contribution in [-0.2, 0) is 0 Å². The largest absolute Gasteiger partial charge is 0.370 e. The number of hydrogen-bond donors (Lipinski definition) is 2. The van der Waals surface area contributed by atoms with E-state index in [-0.39, 0.29) is 5.91 Å². The molecule has 1 aromatic rings. The van der Waals surface area contributed by atoms with Crippen LogP contribution in [0.4, 0.5) is 5.82 Å². The van der Waals surface area contributed by atoms with Crippen molar-refractivity contribution in [1.82, 2.24) is 10.3 Å². The van der Waals surface area contributed by atoms with E-state index in [4.69, 9.17) is 0 Å². The first-order chi connectivity index (χ1) is 9.79. The Morgan fingerprint density at radius 1 is 1.30 bits per heavy atom. The smallest absolute Gasteiger partial charge is 0.253 e. The molecule has 1 aliphatic carbocycles. The number of anilines is 1. The van der Waals surface area contributed by atoms with Crippen LogP contribution in [0, 0.1) is 0 Å². The summed E-state index contributed by atoms with van der Waals surface area (Å²) in [7, 11) is 0. The molecule has 0 saturated heterocycles. The van der Waals surface area contributed by atoms with Crippen molar-refractivity contribution in [2.75, 3.05) is 11.9 Å². The summed E-state index contributed by atoms with van der Waals surface area (Å²) in [5.74, 6) is 0.848. The number of hydrogen-bond acceptors (Lipinski definition) is 3. The third kappa shape index (κ3) is 4.51. The van der Waals surface area contributed by atoms with Gasteiger partial charge in [-0.05, 0) is 31.4 Å². The van der Waals surface area contributed by atoms with Crippen LogP contribution in [0.1, 0.15) is 62.2 Å². The first-order valence-corrected chi connectivity index (χ1v) is 7.80. The molecule has 110 valence electrons. The zero-order valence-corrected chi connectivity index (χ0v) is 12.3. The molecule has 1 heterocycles. The summed E-state index contributed by atoms with van der Waals surface area (Å²) in [4.78, 5) is 16.3. The molecule has 4 heteroatoms. The van der Waals surface area contributed by atoms with Crippen molar-refractivity contribution in [3.63, 3.8) is 0 Å². The van der Waals surface area contributed by atoms with Gasteiger partial charge in [0.05, 0.1) is 5.56 Å². The SMILES string of the molecule is CCCCCNc1ccc(C(=O)NC2CCCC2)cn1. The Kier molecular flexibility index (Phi) is 5.84. The fourth-order valence-electron chi connectivity index (χ4n) is 2.56. The van der Waals surface area contributed by atoms with E-state index < -0.39 is 0 Å². The van der Waals surface area contributed by atoms with Crippen molar-refractivity contribution in [3.05, 3.63) is 23.9 Å². The maximum atomic E-state index is 12.0. The Bertz CT molecular complexity index is 410. The van der Waals surface area contributed by atoms with E-state index in [1.165, 1.54) is 25.7 Å². The zero-order chi connectivity index (χ0) is 14.2. The van der Waals surface area contributed by atoms with Gasteiger partial charge in [0.2, 0.25) is 0 Å². The average Bonchev–Trinajstić information content (AvgIpc) is 2.97. The molecule has 0 radical (unpaired) electrons. The molecule has 0 aliphatic heterocycles. The Labute approximate surface area is 121 Å². The van der Waals surface area contributed by atoms with Gasteiger partial charge in [0, 0.05) is 18.8 Å². The van der Waals surface area contributed by atoms with Crippen LogP contribution in [0.2, 0.25) is 0 Å². The lowest BCUT2D eigenvalue weighted by Gasteiger charge is -2.12. The third-order valence-corrected chi connectivity index (χ3v) is 3.80. The normalized spacial score (nSPS) is 15.2. The molecule has 0 unspecified atom stereocenters.